The molecular weight excluding hydrogens is 234 g/mol. The third-order valence-corrected chi connectivity index (χ3v) is 5.08. The van der Waals surface area contributed by atoms with Gasteiger partial charge in [-0.05, 0) is 51.9 Å². The molecule has 19 heavy (non-hydrogen) atoms. The summed E-state index contributed by atoms with van der Waals surface area (Å²) in [7, 11) is 2.03. The first kappa shape index (κ1) is 14.6. The largest absolute Gasteiger partial charge is 0.307 e. The lowest BCUT2D eigenvalue weighted by molar-refractivity contribution is 0.217. The predicted molar refractivity (Wildman–Crippen MR) is 80.2 cm³/mol. The third-order valence-electron chi connectivity index (χ3n) is 5.08. The van der Waals surface area contributed by atoms with E-state index in [1.165, 1.54) is 30.5 Å². The summed E-state index contributed by atoms with van der Waals surface area (Å²) in [5.74, 6) is 1.73. The molecule has 2 rings (SSSR count). The molecule has 1 N–H and O–H groups in total. The van der Waals surface area contributed by atoms with Crippen molar-refractivity contribution in [2.45, 2.75) is 66.0 Å². The number of hydrogen-bond donors (Lipinski definition) is 1. The first-order chi connectivity index (χ1) is 8.90. The fourth-order valence-corrected chi connectivity index (χ4v) is 3.55. The van der Waals surface area contributed by atoms with Crippen molar-refractivity contribution in [2.75, 3.05) is 0 Å². The predicted octanol–water partition coefficient (Wildman–Crippen LogP) is 3.51. The van der Waals surface area contributed by atoms with Gasteiger partial charge in [0.1, 0.15) is 0 Å². The molecule has 0 spiro atoms. The average molecular weight is 263 g/mol. The van der Waals surface area contributed by atoms with Crippen LogP contribution >= 0.6 is 0 Å². The zero-order chi connectivity index (χ0) is 14.2. The molecule has 4 unspecified atom stereocenters. The Kier molecular flexibility index (Phi) is 4.34. The van der Waals surface area contributed by atoms with Gasteiger partial charge in [-0.25, -0.2) is 0 Å². The van der Waals surface area contributed by atoms with Crippen molar-refractivity contribution < 1.29 is 0 Å². The van der Waals surface area contributed by atoms with Gasteiger partial charge in [0.05, 0.1) is 5.69 Å². The number of rotatable bonds is 3. The van der Waals surface area contributed by atoms with Crippen molar-refractivity contribution in [3.8, 4) is 0 Å². The van der Waals surface area contributed by atoms with Gasteiger partial charge in [0.15, 0.2) is 0 Å². The Hall–Kier alpha value is -0.830. The van der Waals surface area contributed by atoms with Crippen molar-refractivity contribution >= 4 is 0 Å². The molecule has 0 bridgehead atoms. The highest BCUT2D eigenvalue weighted by Gasteiger charge is 2.26. The number of aryl methyl sites for hydroxylation is 2. The van der Waals surface area contributed by atoms with Crippen LogP contribution in [0.2, 0.25) is 0 Å². The van der Waals surface area contributed by atoms with Gasteiger partial charge >= 0.3 is 0 Å². The summed E-state index contributed by atoms with van der Waals surface area (Å²) in [4.78, 5) is 0. The van der Waals surface area contributed by atoms with Gasteiger partial charge in [-0.2, -0.15) is 5.10 Å². The fourth-order valence-electron chi connectivity index (χ4n) is 3.55. The van der Waals surface area contributed by atoms with Gasteiger partial charge < -0.3 is 5.32 Å². The van der Waals surface area contributed by atoms with Crippen LogP contribution in [0.4, 0.5) is 0 Å². The number of hydrogen-bond acceptors (Lipinski definition) is 2. The van der Waals surface area contributed by atoms with Crippen LogP contribution < -0.4 is 5.32 Å². The highest BCUT2D eigenvalue weighted by atomic mass is 15.3. The smallest absolute Gasteiger partial charge is 0.0644 e. The van der Waals surface area contributed by atoms with Crippen molar-refractivity contribution in [1.82, 2.24) is 15.1 Å². The molecule has 1 fully saturated rings. The second-order valence-electron chi connectivity index (χ2n) is 6.56. The van der Waals surface area contributed by atoms with Gasteiger partial charge in [0.2, 0.25) is 0 Å². The lowest BCUT2D eigenvalue weighted by Gasteiger charge is -2.34. The molecule has 108 valence electrons. The molecule has 0 radical (unpaired) electrons. The lowest BCUT2D eigenvalue weighted by Crippen LogP contribution is -2.37. The average Bonchev–Trinajstić information content (AvgIpc) is 2.58. The molecule has 1 aromatic heterocycles. The summed E-state index contributed by atoms with van der Waals surface area (Å²) in [5.41, 5.74) is 3.83. The summed E-state index contributed by atoms with van der Waals surface area (Å²) >= 11 is 0. The van der Waals surface area contributed by atoms with Crippen LogP contribution in [-0.4, -0.2) is 15.8 Å². The normalized spacial score (nSPS) is 29.5. The van der Waals surface area contributed by atoms with Gasteiger partial charge in [0.25, 0.3) is 0 Å². The van der Waals surface area contributed by atoms with Gasteiger partial charge in [0, 0.05) is 30.4 Å². The van der Waals surface area contributed by atoms with Crippen LogP contribution in [0.25, 0.3) is 0 Å². The van der Waals surface area contributed by atoms with Crippen LogP contribution in [0, 0.1) is 25.7 Å². The van der Waals surface area contributed by atoms with Crippen molar-refractivity contribution in [3.63, 3.8) is 0 Å². The van der Waals surface area contributed by atoms with Crippen LogP contribution in [0.15, 0.2) is 0 Å². The van der Waals surface area contributed by atoms with E-state index in [0.717, 1.165) is 17.5 Å². The van der Waals surface area contributed by atoms with Crippen molar-refractivity contribution in [1.29, 1.82) is 0 Å². The maximum Gasteiger partial charge on any atom is 0.0644 e. The van der Waals surface area contributed by atoms with E-state index in [4.69, 9.17) is 0 Å². The van der Waals surface area contributed by atoms with Crippen LogP contribution in [0.3, 0.4) is 0 Å². The molecule has 3 nitrogen and oxygen atoms in total. The van der Waals surface area contributed by atoms with Crippen molar-refractivity contribution in [2.24, 2.45) is 18.9 Å². The van der Waals surface area contributed by atoms with Gasteiger partial charge in [-0.1, -0.05) is 13.8 Å². The molecule has 4 atom stereocenters. The summed E-state index contributed by atoms with van der Waals surface area (Å²) in [5, 5.41) is 8.36. The van der Waals surface area contributed by atoms with E-state index in [-0.39, 0.29) is 0 Å². The van der Waals surface area contributed by atoms with E-state index < -0.39 is 0 Å². The number of nitrogens with one attached hydrogen (secondary N) is 1. The SMILES string of the molecule is Cc1nn(C)c(C)c1C(C)NC1CCC(C)C(C)C1. The third kappa shape index (κ3) is 3.02. The Balaban J connectivity index is 2.03. The second-order valence-corrected chi connectivity index (χ2v) is 6.56. The molecule has 0 aromatic carbocycles. The maximum atomic E-state index is 4.53. The quantitative estimate of drug-likeness (QED) is 0.904. The molecular formula is C16H29N3. The van der Waals surface area contributed by atoms with E-state index >= 15 is 0 Å². The second kappa shape index (κ2) is 5.66. The van der Waals surface area contributed by atoms with E-state index in [1.54, 1.807) is 0 Å². The Labute approximate surface area is 117 Å². The van der Waals surface area contributed by atoms with Crippen LogP contribution in [-0.2, 0) is 7.05 Å². The molecule has 0 saturated heterocycles. The summed E-state index contributed by atoms with van der Waals surface area (Å²) < 4.78 is 1.99. The molecule has 1 aromatic rings. The topological polar surface area (TPSA) is 29.9 Å². The standard InChI is InChI=1S/C16H29N3/c1-10-7-8-15(9-11(10)2)17-12(3)16-13(4)18-19(6)14(16)5/h10-12,15,17H,7-9H2,1-6H3. The Morgan fingerprint density at radius 1 is 1.21 bits per heavy atom. The molecule has 0 aliphatic heterocycles. The van der Waals surface area contributed by atoms with E-state index in [2.05, 4.69) is 45.0 Å². The highest BCUT2D eigenvalue weighted by Crippen LogP contribution is 2.31. The molecule has 1 saturated carbocycles. The van der Waals surface area contributed by atoms with Crippen molar-refractivity contribution in [3.05, 3.63) is 17.0 Å². The van der Waals surface area contributed by atoms with Gasteiger partial charge in [-0.15, -0.1) is 0 Å². The molecule has 1 heterocycles. The minimum atomic E-state index is 0.402. The Morgan fingerprint density at radius 2 is 1.89 bits per heavy atom. The molecule has 1 aliphatic carbocycles. The number of aromatic nitrogens is 2. The first-order valence-electron chi connectivity index (χ1n) is 7.66. The lowest BCUT2D eigenvalue weighted by atomic mass is 9.79. The van der Waals surface area contributed by atoms with E-state index in [9.17, 15) is 0 Å². The Bertz CT molecular complexity index is 435. The zero-order valence-electron chi connectivity index (χ0n) is 13.3. The van der Waals surface area contributed by atoms with Crippen LogP contribution in [0.1, 0.15) is 63.0 Å². The summed E-state index contributed by atoms with van der Waals surface area (Å²) in [6.45, 7) is 11.3. The molecule has 1 aliphatic rings. The fraction of sp³-hybridized carbons (Fsp3) is 0.812. The molecule has 0 amide bonds. The molecule has 3 heteroatoms. The number of nitrogens with zero attached hydrogens (tertiary/aromatic N) is 2. The monoisotopic (exact) mass is 263 g/mol. The van der Waals surface area contributed by atoms with E-state index in [1.807, 2.05) is 11.7 Å². The summed E-state index contributed by atoms with van der Waals surface area (Å²) in [6.07, 6.45) is 3.98. The van der Waals surface area contributed by atoms with E-state index in [0.29, 0.717) is 12.1 Å². The maximum absolute atomic E-state index is 4.53. The Morgan fingerprint density at radius 3 is 2.42 bits per heavy atom. The minimum absolute atomic E-state index is 0.402. The van der Waals surface area contributed by atoms with Crippen LogP contribution in [0.5, 0.6) is 0 Å². The zero-order valence-corrected chi connectivity index (χ0v) is 13.3. The summed E-state index contributed by atoms with van der Waals surface area (Å²) in [6, 6.07) is 1.07. The van der Waals surface area contributed by atoms with Gasteiger partial charge in [-0.3, -0.25) is 4.68 Å². The minimum Gasteiger partial charge on any atom is -0.307 e. The first-order valence-corrected chi connectivity index (χ1v) is 7.66. The highest BCUT2D eigenvalue weighted by molar-refractivity contribution is 5.27.